The Bertz CT molecular complexity index is 1030. The van der Waals surface area contributed by atoms with Crippen LogP contribution in [0.5, 0.6) is 0 Å². The van der Waals surface area contributed by atoms with Crippen LogP contribution in [0.3, 0.4) is 0 Å². The number of fused-ring (bicyclic) bond motifs is 1. The first-order valence-electron chi connectivity index (χ1n) is 7.30. The molecule has 7 heteroatoms. The Morgan fingerprint density at radius 3 is 2.67 bits per heavy atom. The maximum absolute atomic E-state index is 12.2. The predicted molar refractivity (Wildman–Crippen MR) is 90.2 cm³/mol. The fourth-order valence-electron chi connectivity index (χ4n) is 2.83. The minimum atomic E-state index is -1.08. The number of aryl methyl sites for hydroxylation is 2. The highest BCUT2D eigenvalue weighted by molar-refractivity contribution is 6.31. The molecule has 0 atom stereocenters. The van der Waals surface area contributed by atoms with Crippen LogP contribution in [0.15, 0.2) is 27.4 Å². The van der Waals surface area contributed by atoms with E-state index < -0.39 is 11.6 Å². The van der Waals surface area contributed by atoms with Crippen molar-refractivity contribution in [2.24, 2.45) is 0 Å². The number of aliphatic carboxylic acids is 1. The van der Waals surface area contributed by atoms with Gasteiger partial charge in [-0.3, -0.25) is 4.79 Å². The van der Waals surface area contributed by atoms with Gasteiger partial charge in [0.25, 0.3) is 0 Å². The quantitative estimate of drug-likeness (QED) is 0.787. The molecule has 0 saturated carbocycles. The molecule has 0 amide bonds. The molecule has 0 fully saturated rings. The van der Waals surface area contributed by atoms with E-state index >= 15 is 0 Å². The van der Waals surface area contributed by atoms with Crippen LogP contribution in [0.4, 0.5) is 0 Å². The molecule has 2 heterocycles. The molecule has 1 aromatic carbocycles. The van der Waals surface area contributed by atoms with Crippen molar-refractivity contribution in [3.63, 3.8) is 0 Å². The second kappa shape index (κ2) is 5.79. The molecule has 0 aliphatic carbocycles. The SMILES string of the molecule is Cc1c(Cl)cccc1-n1nc(C)c2c(C)c(CC(=O)O)c(=O)oc21. The summed E-state index contributed by atoms with van der Waals surface area (Å²) in [7, 11) is 0. The van der Waals surface area contributed by atoms with E-state index in [0.717, 1.165) is 5.56 Å². The van der Waals surface area contributed by atoms with Crippen molar-refractivity contribution in [1.82, 2.24) is 9.78 Å². The summed E-state index contributed by atoms with van der Waals surface area (Å²) in [6, 6.07) is 5.39. The van der Waals surface area contributed by atoms with E-state index in [2.05, 4.69) is 5.10 Å². The van der Waals surface area contributed by atoms with Crippen molar-refractivity contribution >= 4 is 28.7 Å². The van der Waals surface area contributed by atoms with E-state index in [4.69, 9.17) is 21.1 Å². The van der Waals surface area contributed by atoms with Gasteiger partial charge in [-0.1, -0.05) is 17.7 Å². The number of carboxylic acid groups (broad SMARTS) is 1. The monoisotopic (exact) mass is 346 g/mol. The molecule has 0 aliphatic rings. The lowest BCUT2D eigenvalue weighted by molar-refractivity contribution is -0.136. The molecule has 0 bridgehead atoms. The van der Waals surface area contributed by atoms with Crippen molar-refractivity contribution in [2.45, 2.75) is 27.2 Å². The molecule has 24 heavy (non-hydrogen) atoms. The summed E-state index contributed by atoms with van der Waals surface area (Å²) in [4.78, 5) is 23.2. The zero-order chi connectivity index (χ0) is 17.6. The van der Waals surface area contributed by atoms with E-state index in [1.165, 1.54) is 4.68 Å². The number of carbonyl (C=O) groups is 1. The van der Waals surface area contributed by atoms with E-state index in [1.54, 1.807) is 26.0 Å². The normalized spacial score (nSPS) is 11.2. The molecule has 0 spiro atoms. The Morgan fingerprint density at radius 1 is 1.29 bits per heavy atom. The lowest BCUT2D eigenvalue weighted by Gasteiger charge is -2.08. The number of carboxylic acids is 1. The van der Waals surface area contributed by atoms with Crippen LogP contribution in [-0.2, 0) is 11.2 Å². The topological polar surface area (TPSA) is 85.3 Å². The predicted octanol–water partition coefficient (Wildman–Crippen LogP) is 3.18. The Morgan fingerprint density at radius 2 is 2.00 bits per heavy atom. The first kappa shape index (κ1) is 16.3. The van der Waals surface area contributed by atoms with Crippen LogP contribution in [0.1, 0.15) is 22.4 Å². The van der Waals surface area contributed by atoms with E-state index in [1.807, 2.05) is 13.0 Å². The molecule has 0 saturated heterocycles. The van der Waals surface area contributed by atoms with Crippen molar-refractivity contribution in [3.8, 4) is 5.69 Å². The standard InChI is InChI=1S/C17H15ClN2O4/c1-8-11(7-14(21)22)17(23)24-16-15(8)10(3)19-20(16)13-6-4-5-12(18)9(13)2/h4-6H,7H2,1-3H3,(H,21,22). The average Bonchev–Trinajstić information content (AvgIpc) is 2.82. The van der Waals surface area contributed by atoms with Crippen LogP contribution in [-0.4, -0.2) is 20.9 Å². The van der Waals surface area contributed by atoms with Gasteiger partial charge in [0.05, 0.1) is 28.8 Å². The molecule has 0 radical (unpaired) electrons. The summed E-state index contributed by atoms with van der Waals surface area (Å²) in [6.07, 6.45) is -0.384. The Balaban J connectivity index is 2.36. The molecule has 0 unspecified atom stereocenters. The second-order valence-corrected chi connectivity index (χ2v) is 6.03. The molecule has 3 rings (SSSR count). The number of aromatic nitrogens is 2. The maximum atomic E-state index is 12.2. The number of benzene rings is 1. The van der Waals surface area contributed by atoms with Gasteiger partial charge in [0, 0.05) is 5.02 Å². The van der Waals surface area contributed by atoms with Gasteiger partial charge in [-0.2, -0.15) is 9.78 Å². The van der Waals surface area contributed by atoms with Crippen molar-refractivity contribution in [3.05, 3.63) is 56.0 Å². The minimum Gasteiger partial charge on any atom is -0.481 e. The van der Waals surface area contributed by atoms with Crippen LogP contribution >= 0.6 is 11.6 Å². The first-order chi connectivity index (χ1) is 11.3. The van der Waals surface area contributed by atoms with Crippen LogP contribution < -0.4 is 5.63 Å². The lowest BCUT2D eigenvalue weighted by Crippen LogP contribution is -2.15. The Labute approximate surface area is 142 Å². The smallest absolute Gasteiger partial charge is 0.341 e. The minimum absolute atomic E-state index is 0.139. The van der Waals surface area contributed by atoms with Gasteiger partial charge in [-0.25, -0.2) is 4.79 Å². The third-order valence-corrected chi connectivity index (χ3v) is 4.49. The van der Waals surface area contributed by atoms with Crippen molar-refractivity contribution < 1.29 is 14.3 Å². The average molecular weight is 347 g/mol. The highest BCUT2D eigenvalue weighted by atomic mass is 35.5. The highest BCUT2D eigenvalue weighted by Gasteiger charge is 2.21. The summed E-state index contributed by atoms with van der Waals surface area (Å²) < 4.78 is 6.95. The summed E-state index contributed by atoms with van der Waals surface area (Å²) >= 11 is 6.17. The van der Waals surface area contributed by atoms with Crippen molar-refractivity contribution in [1.29, 1.82) is 0 Å². The zero-order valence-corrected chi connectivity index (χ0v) is 14.1. The summed E-state index contributed by atoms with van der Waals surface area (Å²) in [5.74, 6) is -1.08. The molecule has 1 N–H and O–H groups in total. The molecule has 2 aromatic heterocycles. The van der Waals surface area contributed by atoms with Crippen molar-refractivity contribution in [2.75, 3.05) is 0 Å². The lowest BCUT2D eigenvalue weighted by atomic mass is 10.1. The largest absolute Gasteiger partial charge is 0.481 e. The van der Waals surface area contributed by atoms with Gasteiger partial charge in [0.1, 0.15) is 0 Å². The van der Waals surface area contributed by atoms with Gasteiger partial charge < -0.3 is 9.52 Å². The van der Waals surface area contributed by atoms with Crippen LogP contribution in [0.2, 0.25) is 5.02 Å². The van der Waals surface area contributed by atoms with E-state index in [-0.39, 0.29) is 17.7 Å². The number of hydrogen-bond acceptors (Lipinski definition) is 4. The fourth-order valence-corrected chi connectivity index (χ4v) is 3.00. The van der Waals surface area contributed by atoms with Gasteiger partial charge in [0.15, 0.2) is 0 Å². The van der Waals surface area contributed by atoms with E-state index in [9.17, 15) is 9.59 Å². The van der Waals surface area contributed by atoms with Gasteiger partial charge in [0.2, 0.25) is 5.71 Å². The summed E-state index contributed by atoms with van der Waals surface area (Å²) in [5.41, 5.74) is 2.50. The second-order valence-electron chi connectivity index (χ2n) is 5.62. The molecule has 6 nitrogen and oxygen atoms in total. The molecule has 0 aliphatic heterocycles. The highest BCUT2D eigenvalue weighted by Crippen LogP contribution is 2.28. The fraction of sp³-hybridized carbons (Fsp3) is 0.235. The van der Waals surface area contributed by atoms with E-state index in [0.29, 0.717) is 27.4 Å². The number of rotatable bonds is 3. The zero-order valence-electron chi connectivity index (χ0n) is 13.4. The summed E-state index contributed by atoms with van der Waals surface area (Å²) in [6.45, 7) is 5.35. The third-order valence-electron chi connectivity index (χ3n) is 4.08. The van der Waals surface area contributed by atoms with Crippen LogP contribution in [0, 0.1) is 20.8 Å². The molecule has 3 aromatic rings. The molecular formula is C17H15ClN2O4. The van der Waals surface area contributed by atoms with Gasteiger partial charge >= 0.3 is 11.6 Å². The first-order valence-corrected chi connectivity index (χ1v) is 7.68. The number of hydrogen-bond donors (Lipinski definition) is 1. The third kappa shape index (κ3) is 2.49. The molecule has 124 valence electrons. The Hall–Kier alpha value is -2.60. The maximum Gasteiger partial charge on any atom is 0.341 e. The number of halogens is 1. The summed E-state index contributed by atoms with van der Waals surface area (Å²) in [5, 5.41) is 14.7. The molecular weight excluding hydrogens is 332 g/mol. The van der Waals surface area contributed by atoms with Crippen LogP contribution in [0.25, 0.3) is 16.8 Å². The van der Waals surface area contributed by atoms with Gasteiger partial charge in [-0.15, -0.1) is 0 Å². The van der Waals surface area contributed by atoms with Gasteiger partial charge in [-0.05, 0) is 44.0 Å². The number of nitrogens with zero attached hydrogens (tertiary/aromatic N) is 2. The Kier molecular flexibility index (Phi) is 3.93.